The van der Waals surface area contributed by atoms with E-state index in [-0.39, 0.29) is 24.6 Å². The van der Waals surface area contributed by atoms with Crippen LogP contribution in [0.15, 0.2) is 18.2 Å². The second-order valence-electron chi connectivity index (χ2n) is 6.66. The van der Waals surface area contributed by atoms with Gasteiger partial charge >= 0.3 is 5.97 Å². The monoisotopic (exact) mass is 334 g/mol. The number of likely N-dealkylation sites (tertiary alicyclic amines) is 1. The highest BCUT2D eigenvalue weighted by molar-refractivity contribution is 5.99. The molecule has 2 heterocycles. The van der Waals surface area contributed by atoms with Crippen molar-refractivity contribution in [2.75, 3.05) is 24.5 Å². The topological polar surface area (TPSA) is 77.9 Å². The van der Waals surface area contributed by atoms with Crippen molar-refractivity contribution in [2.24, 2.45) is 5.41 Å². The molecule has 7 heteroatoms. The Morgan fingerprint density at radius 1 is 1.29 bits per heavy atom. The van der Waals surface area contributed by atoms with E-state index < -0.39 is 23.1 Å². The van der Waals surface area contributed by atoms with Crippen LogP contribution in [0.3, 0.4) is 0 Å². The first-order valence-corrected chi connectivity index (χ1v) is 7.94. The van der Waals surface area contributed by atoms with Crippen molar-refractivity contribution in [1.29, 1.82) is 0 Å². The number of carbonyl (C=O) groups excluding carboxylic acids is 2. The smallest absolute Gasteiger partial charge is 0.311 e. The summed E-state index contributed by atoms with van der Waals surface area (Å²) in [7, 11) is 0. The molecule has 1 N–H and O–H groups in total. The number of amides is 2. The first kappa shape index (κ1) is 16.4. The third-order valence-electron chi connectivity index (χ3n) is 4.84. The molecule has 0 saturated carbocycles. The van der Waals surface area contributed by atoms with Crippen molar-refractivity contribution in [3.8, 4) is 0 Å². The molecule has 0 radical (unpaired) electrons. The molecular weight excluding hydrogens is 315 g/mol. The summed E-state index contributed by atoms with van der Waals surface area (Å²) in [5.74, 6) is -2.21. The molecule has 2 fully saturated rings. The lowest BCUT2D eigenvalue weighted by Gasteiger charge is -2.21. The van der Waals surface area contributed by atoms with Crippen molar-refractivity contribution < 1.29 is 23.9 Å². The number of benzene rings is 1. The average Bonchev–Trinajstić information content (AvgIpc) is 3.14. The van der Waals surface area contributed by atoms with Crippen molar-refractivity contribution >= 4 is 23.5 Å². The lowest BCUT2D eigenvalue weighted by molar-refractivity contribution is -0.147. The second-order valence-corrected chi connectivity index (χ2v) is 6.66. The zero-order valence-electron chi connectivity index (χ0n) is 13.4. The number of anilines is 1. The molecule has 3 rings (SSSR count). The van der Waals surface area contributed by atoms with Gasteiger partial charge in [-0.2, -0.15) is 0 Å². The zero-order chi connectivity index (χ0) is 17.5. The van der Waals surface area contributed by atoms with Gasteiger partial charge in [0.1, 0.15) is 5.82 Å². The molecular formula is C17H19FN2O4. The van der Waals surface area contributed by atoms with Gasteiger partial charge in [0.15, 0.2) is 0 Å². The summed E-state index contributed by atoms with van der Waals surface area (Å²) < 4.78 is 14.1. The van der Waals surface area contributed by atoms with Gasteiger partial charge in [-0.3, -0.25) is 14.4 Å². The van der Waals surface area contributed by atoms with Crippen LogP contribution in [0, 0.1) is 11.2 Å². The fourth-order valence-electron chi connectivity index (χ4n) is 3.25. The van der Waals surface area contributed by atoms with Gasteiger partial charge in [0.25, 0.3) is 5.91 Å². The number of aliphatic carboxylic acids is 1. The van der Waals surface area contributed by atoms with Crippen LogP contribution in [-0.4, -0.2) is 47.4 Å². The summed E-state index contributed by atoms with van der Waals surface area (Å²) in [6.07, 6.45) is 1.52. The minimum absolute atomic E-state index is 0.0420. The minimum Gasteiger partial charge on any atom is -0.481 e. The van der Waals surface area contributed by atoms with Gasteiger partial charge in [-0.15, -0.1) is 0 Å². The molecule has 6 nitrogen and oxygen atoms in total. The molecule has 1 aromatic rings. The van der Waals surface area contributed by atoms with Crippen LogP contribution >= 0.6 is 0 Å². The largest absolute Gasteiger partial charge is 0.481 e. The van der Waals surface area contributed by atoms with E-state index in [2.05, 4.69) is 0 Å². The van der Waals surface area contributed by atoms with Crippen molar-refractivity contribution in [1.82, 2.24) is 4.90 Å². The average molecular weight is 334 g/mol. The summed E-state index contributed by atoms with van der Waals surface area (Å²) in [5.41, 5.74) is -0.626. The van der Waals surface area contributed by atoms with Crippen LogP contribution in [0.25, 0.3) is 0 Å². The predicted molar refractivity (Wildman–Crippen MR) is 84.3 cm³/mol. The Bertz CT molecular complexity index is 721. The van der Waals surface area contributed by atoms with Gasteiger partial charge in [-0.25, -0.2) is 4.39 Å². The SMILES string of the molecule is CC1(C(=O)O)CCN(C(=O)c2cc(N3CCCC3=O)ccc2F)C1. The van der Waals surface area contributed by atoms with Crippen molar-refractivity contribution in [2.45, 2.75) is 26.2 Å². The molecule has 1 unspecified atom stereocenters. The Labute approximate surface area is 138 Å². The highest BCUT2D eigenvalue weighted by atomic mass is 19.1. The van der Waals surface area contributed by atoms with E-state index >= 15 is 0 Å². The summed E-state index contributed by atoms with van der Waals surface area (Å²) in [6, 6.07) is 4.05. The van der Waals surface area contributed by atoms with Crippen LogP contribution in [0.2, 0.25) is 0 Å². The van der Waals surface area contributed by atoms with Crippen LogP contribution in [-0.2, 0) is 9.59 Å². The Hall–Kier alpha value is -2.44. The first-order chi connectivity index (χ1) is 11.3. The van der Waals surface area contributed by atoms with E-state index in [1.165, 1.54) is 23.1 Å². The van der Waals surface area contributed by atoms with Gasteiger partial charge in [0, 0.05) is 31.7 Å². The third kappa shape index (κ3) is 2.74. The summed E-state index contributed by atoms with van der Waals surface area (Å²) >= 11 is 0. The Morgan fingerprint density at radius 3 is 2.62 bits per heavy atom. The van der Waals surface area contributed by atoms with Gasteiger partial charge in [0.05, 0.1) is 11.0 Å². The molecule has 2 amide bonds. The van der Waals surface area contributed by atoms with Gasteiger partial charge in [0.2, 0.25) is 5.91 Å². The number of carboxylic acid groups (broad SMARTS) is 1. The fraction of sp³-hybridized carbons (Fsp3) is 0.471. The van der Waals surface area contributed by atoms with Gasteiger partial charge in [-0.05, 0) is 38.0 Å². The van der Waals surface area contributed by atoms with E-state index in [0.29, 0.717) is 25.1 Å². The highest BCUT2D eigenvalue weighted by Gasteiger charge is 2.42. The van der Waals surface area contributed by atoms with E-state index in [1.54, 1.807) is 11.8 Å². The quantitative estimate of drug-likeness (QED) is 0.916. The molecule has 1 aromatic carbocycles. The number of rotatable bonds is 3. The lowest BCUT2D eigenvalue weighted by atomic mass is 9.90. The number of carboxylic acids is 1. The van der Waals surface area contributed by atoms with Gasteiger partial charge < -0.3 is 14.9 Å². The Balaban J connectivity index is 1.85. The molecule has 2 aliphatic rings. The number of hydrogen-bond acceptors (Lipinski definition) is 3. The molecule has 0 aliphatic carbocycles. The molecule has 1 atom stereocenters. The maximum Gasteiger partial charge on any atom is 0.311 e. The molecule has 128 valence electrons. The highest BCUT2D eigenvalue weighted by Crippen LogP contribution is 2.32. The van der Waals surface area contributed by atoms with E-state index in [0.717, 1.165) is 6.42 Å². The maximum atomic E-state index is 14.1. The Morgan fingerprint density at radius 2 is 2.04 bits per heavy atom. The third-order valence-corrected chi connectivity index (χ3v) is 4.84. The number of nitrogens with zero attached hydrogens (tertiary/aromatic N) is 2. The summed E-state index contributed by atoms with van der Waals surface area (Å²) in [5, 5.41) is 9.26. The first-order valence-electron chi connectivity index (χ1n) is 7.94. The molecule has 0 bridgehead atoms. The standard InChI is InChI=1S/C17H19FN2O4/c1-17(16(23)24)6-8-19(10-17)15(22)12-9-11(4-5-13(12)18)20-7-2-3-14(20)21/h4-5,9H,2-3,6-8,10H2,1H3,(H,23,24). The summed E-state index contributed by atoms with van der Waals surface area (Å²) in [4.78, 5) is 38.7. The zero-order valence-corrected chi connectivity index (χ0v) is 13.4. The molecule has 24 heavy (non-hydrogen) atoms. The van der Waals surface area contributed by atoms with E-state index in [4.69, 9.17) is 0 Å². The van der Waals surface area contributed by atoms with Gasteiger partial charge in [-0.1, -0.05) is 0 Å². The molecule has 2 aliphatic heterocycles. The molecule has 0 spiro atoms. The van der Waals surface area contributed by atoms with Crippen molar-refractivity contribution in [3.05, 3.63) is 29.6 Å². The molecule has 0 aromatic heterocycles. The van der Waals surface area contributed by atoms with Crippen LogP contribution in [0.5, 0.6) is 0 Å². The van der Waals surface area contributed by atoms with E-state index in [1.807, 2.05) is 0 Å². The Kier molecular flexibility index (Phi) is 4.03. The molecule has 2 saturated heterocycles. The normalized spacial score (nSPS) is 23.8. The fourth-order valence-corrected chi connectivity index (χ4v) is 3.25. The van der Waals surface area contributed by atoms with Crippen LogP contribution < -0.4 is 4.90 Å². The lowest BCUT2D eigenvalue weighted by Crippen LogP contribution is -2.35. The minimum atomic E-state index is -1.01. The van der Waals surface area contributed by atoms with Crippen molar-refractivity contribution in [3.63, 3.8) is 0 Å². The maximum absolute atomic E-state index is 14.1. The predicted octanol–water partition coefficient (Wildman–Crippen LogP) is 1.89. The second kappa shape index (κ2) is 5.89. The van der Waals surface area contributed by atoms with Crippen LogP contribution in [0.4, 0.5) is 10.1 Å². The number of halogens is 1. The van der Waals surface area contributed by atoms with E-state index in [9.17, 15) is 23.9 Å². The number of carbonyl (C=O) groups is 3. The van der Waals surface area contributed by atoms with Crippen LogP contribution in [0.1, 0.15) is 36.5 Å². The number of hydrogen-bond donors (Lipinski definition) is 1. The summed E-state index contributed by atoms with van der Waals surface area (Å²) in [6.45, 7) is 2.46.